The van der Waals surface area contributed by atoms with Crippen LogP contribution in [0.3, 0.4) is 0 Å². The van der Waals surface area contributed by atoms with E-state index in [4.69, 9.17) is 14.6 Å². The van der Waals surface area contributed by atoms with Gasteiger partial charge in [-0.15, -0.1) is 0 Å². The number of nitrogens with zero attached hydrogens (tertiary/aromatic N) is 7. The SMILES string of the molecule is CCn1nc(Nc2cc3cc(-c4cnc5c(c4C)N(C(=O)OC(C)(C)C)CCO5)ncc3cn2)cc1CCN(C=O)C(C)C. The van der Waals surface area contributed by atoms with E-state index in [9.17, 15) is 9.59 Å². The first kappa shape index (κ1) is 30.7. The summed E-state index contributed by atoms with van der Waals surface area (Å²) in [6, 6.07) is 6.07. The number of carbonyl (C=O) groups is 2. The molecule has 0 atom stereocenters. The summed E-state index contributed by atoms with van der Waals surface area (Å²) in [7, 11) is 0. The molecule has 0 saturated heterocycles. The van der Waals surface area contributed by atoms with Crippen LogP contribution in [0, 0.1) is 6.92 Å². The molecule has 0 spiro atoms. The van der Waals surface area contributed by atoms with E-state index in [2.05, 4.69) is 20.3 Å². The van der Waals surface area contributed by atoms with Crippen molar-refractivity contribution in [2.45, 2.75) is 73.1 Å². The number of rotatable bonds is 9. The van der Waals surface area contributed by atoms with Crippen molar-refractivity contribution in [2.24, 2.45) is 0 Å². The monoisotopic (exact) mass is 600 g/mol. The van der Waals surface area contributed by atoms with Crippen LogP contribution in [-0.4, -0.2) is 73.5 Å². The molecule has 2 amide bonds. The number of aromatic nitrogens is 5. The Morgan fingerprint density at radius 2 is 1.89 bits per heavy atom. The topological polar surface area (TPSA) is 128 Å². The number of fused-ring (bicyclic) bond motifs is 2. The molecule has 0 aromatic carbocycles. The fourth-order valence-corrected chi connectivity index (χ4v) is 5.15. The Hall–Kier alpha value is -4.74. The van der Waals surface area contributed by atoms with E-state index >= 15 is 0 Å². The third-order valence-electron chi connectivity index (χ3n) is 7.43. The fourth-order valence-electron chi connectivity index (χ4n) is 5.15. The molecule has 4 aromatic rings. The highest BCUT2D eigenvalue weighted by Crippen LogP contribution is 2.39. The molecule has 232 valence electrons. The highest BCUT2D eigenvalue weighted by atomic mass is 16.6. The zero-order valence-corrected chi connectivity index (χ0v) is 26.4. The van der Waals surface area contributed by atoms with Crippen LogP contribution in [0.4, 0.5) is 22.1 Å². The van der Waals surface area contributed by atoms with Crippen molar-refractivity contribution in [3.8, 4) is 17.1 Å². The van der Waals surface area contributed by atoms with Crippen molar-refractivity contribution in [1.29, 1.82) is 0 Å². The van der Waals surface area contributed by atoms with E-state index in [1.54, 1.807) is 28.4 Å². The van der Waals surface area contributed by atoms with Crippen molar-refractivity contribution in [2.75, 3.05) is 29.9 Å². The summed E-state index contributed by atoms with van der Waals surface area (Å²) >= 11 is 0. The molecule has 1 aliphatic rings. The van der Waals surface area contributed by atoms with Gasteiger partial charge in [0.1, 0.15) is 23.7 Å². The lowest BCUT2D eigenvalue weighted by Crippen LogP contribution is -2.42. The summed E-state index contributed by atoms with van der Waals surface area (Å²) in [6.45, 7) is 15.5. The molecule has 1 aliphatic heterocycles. The molecule has 12 heteroatoms. The molecule has 1 N–H and O–H groups in total. The standard InChI is InChI=1S/C32H40N8O4/c1-8-40-24(9-10-38(19-41)20(2)3)15-28(37-40)36-27-14-22-13-26(33-16-23(22)17-34-27)25-18-35-30-29(21(25)4)39(11-12-43-30)31(42)44-32(5,6)7/h13-20H,8-12H2,1-7H3,(H,34,36,37). The zero-order valence-electron chi connectivity index (χ0n) is 26.4. The van der Waals surface area contributed by atoms with E-state index in [0.717, 1.165) is 34.0 Å². The maximum absolute atomic E-state index is 13.1. The second-order valence-electron chi connectivity index (χ2n) is 12.1. The van der Waals surface area contributed by atoms with Crippen molar-refractivity contribution in [3.63, 3.8) is 0 Å². The molecule has 12 nitrogen and oxygen atoms in total. The van der Waals surface area contributed by atoms with Crippen molar-refractivity contribution >= 4 is 40.6 Å². The van der Waals surface area contributed by atoms with E-state index < -0.39 is 11.7 Å². The second kappa shape index (κ2) is 12.5. The molecular formula is C32H40N8O4. The fraction of sp³-hybridized carbons (Fsp3) is 0.438. The summed E-state index contributed by atoms with van der Waals surface area (Å²) in [5, 5.41) is 9.84. The minimum Gasteiger partial charge on any atom is -0.474 e. The Morgan fingerprint density at radius 3 is 2.59 bits per heavy atom. The summed E-state index contributed by atoms with van der Waals surface area (Å²) in [5.41, 5.74) is 3.31. The first-order valence-corrected chi connectivity index (χ1v) is 14.9. The molecule has 5 heterocycles. The van der Waals surface area contributed by atoms with Crippen molar-refractivity contribution in [1.82, 2.24) is 29.6 Å². The van der Waals surface area contributed by atoms with Crippen LogP contribution < -0.4 is 15.0 Å². The molecule has 0 radical (unpaired) electrons. The average molecular weight is 601 g/mol. The highest BCUT2D eigenvalue weighted by molar-refractivity contribution is 5.94. The molecule has 44 heavy (non-hydrogen) atoms. The molecule has 0 saturated carbocycles. The van der Waals surface area contributed by atoms with Gasteiger partial charge in [-0.3, -0.25) is 19.4 Å². The molecule has 0 unspecified atom stereocenters. The van der Waals surface area contributed by atoms with Gasteiger partial charge in [0.2, 0.25) is 12.3 Å². The van der Waals surface area contributed by atoms with Crippen LogP contribution in [0.2, 0.25) is 0 Å². The Labute approximate surface area is 257 Å². The molecule has 5 rings (SSSR count). The van der Waals surface area contributed by atoms with Crippen LogP contribution in [0.5, 0.6) is 5.88 Å². The van der Waals surface area contributed by atoms with E-state index in [1.807, 2.05) is 71.3 Å². The number of amides is 2. The quantitative estimate of drug-likeness (QED) is 0.248. The first-order valence-electron chi connectivity index (χ1n) is 14.9. The molecular weight excluding hydrogens is 560 g/mol. The Bertz CT molecular complexity index is 1680. The lowest BCUT2D eigenvalue weighted by Gasteiger charge is -2.32. The van der Waals surface area contributed by atoms with Gasteiger partial charge >= 0.3 is 6.09 Å². The summed E-state index contributed by atoms with van der Waals surface area (Å²) in [6.07, 6.45) is 6.43. The van der Waals surface area contributed by atoms with Crippen molar-refractivity contribution < 1.29 is 19.1 Å². The number of hydrogen-bond acceptors (Lipinski definition) is 9. The molecule has 4 aromatic heterocycles. The van der Waals surface area contributed by atoms with Gasteiger partial charge in [-0.1, -0.05) is 0 Å². The van der Waals surface area contributed by atoms with Crippen LogP contribution in [0.15, 0.2) is 36.8 Å². The number of nitrogens with one attached hydrogen (secondary N) is 1. The Kier molecular flexibility index (Phi) is 8.70. The molecule has 0 aliphatic carbocycles. The lowest BCUT2D eigenvalue weighted by atomic mass is 10.0. The predicted molar refractivity (Wildman–Crippen MR) is 169 cm³/mol. The number of hydrogen-bond donors (Lipinski definition) is 1. The first-order chi connectivity index (χ1) is 21.0. The minimum atomic E-state index is -0.629. The van der Waals surface area contributed by atoms with E-state index in [0.29, 0.717) is 61.6 Å². The number of anilines is 3. The summed E-state index contributed by atoms with van der Waals surface area (Å²) in [4.78, 5) is 41.6. The van der Waals surface area contributed by atoms with Crippen LogP contribution >= 0.6 is 0 Å². The summed E-state index contributed by atoms with van der Waals surface area (Å²) < 4.78 is 13.4. The van der Waals surface area contributed by atoms with Gasteiger partial charge in [-0.2, -0.15) is 5.10 Å². The third kappa shape index (κ3) is 6.58. The molecule has 0 fully saturated rings. The van der Waals surface area contributed by atoms with Crippen LogP contribution in [0.25, 0.3) is 22.0 Å². The van der Waals surface area contributed by atoms with Gasteiger partial charge in [0, 0.05) is 66.9 Å². The zero-order chi connectivity index (χ0) is 31.6. The van der Waals surface area contributed by atoms with Gasteiger partial charge in [0.05, 0.1) is 12.2 Å². The summed E-state index contributed by atoms with van der Waals surface area (Å²) in [5.74, 6) is 1.72. The van der Waals surface area contributed by atoms with Gasteiger partial charge in [-0.25, -0.2) is 14.8 Å². The third-order valence-corrected chi connectivity index (χ3v) is 7.43. The average Bonchev–Trinajstić information content (AvgIpc) is 3.37. The lowest BCUT2D eigenvalue weighted by molar-refractivity contribution is -0.119. The highest BCUT2D eigenvalue weighted by Gasteiger charge is 2.31. The number of carbonyl (C=O) groups excluding carboxylic acids is 2. The Morgan fingerprint density at radius 1 is 1.11 bits per heavy atom. The van der Waals surface area contributed by atoms with Crippen molar-refractivity contribution in [3.05, 3.63) is 48.0 Å². The smallest absolute Gasteiger partial charge is 0.415 e. The largest absolute Gasteiger partial charge is 0.474 e. The predicted octanol–water partition coefficient (Wildman–Crippen LogP) is 5.50. The van der Waals surface area contributed by atoms with E-state index in [-0.39, 0.29) is 6.04 Å². The maximum atomic E-state index is 13.1. The number of pyridine rings is 3. The van der Waals surface area contributed by atoms with E-state index in [1.165, 1.54) is 0 Å². The second-order valence-corrected chi connectivity index (χ2v) is 12.1. The van der Waals surface area contributed by atoms with Gasteiger partial charge in [-0.05, 0) is 71.5 Å². The maximum Gasteiger partial charge on any atom is 0.415 e. The van der Waals surface area contributed by atoms with Crippen LogP contribution in [0.1, 0.15) is 52.8 Å². The minimum absolute atomic E-state index is 0.141. The molecule has 0 bridgehead atoms. The normalized spacial score (nSPS) is 13.0. The van der Waals surface area contributed by atoms with Gasteiger partial charge < -0.3 is 19.7 Å². The number of aryl methyl sites for hydroxylation is 1. The van der Waals surface area contributed by atoms with Gasteiger partial charge in [0.25, 0.3) is 0 Å². The number of ether oxygens (including phenoxy) is 2. The van der Waals surface area contributed by atoms with Gasteiger partial charge in [0.15, 0.2) is 5.82 Å². The van der Waals surface area contributed by atoms with Crippen LogP contribution in [-0.2, 0) is 22.5 Å². The Balaban J connectivity index is 1.41.